The molecule has 104 valence electrons. The molecule has 2 heterocycles. The molecule has 19 heavy (non-hydrogen) atoms. The average Bonchev–Trinajstić information content (AvgIpc) is 2.89. The highest BCUT2D eigenvalue weighted by Crippen LogP contribution is 2.24. The molecule has 1 saturated heterocycles. The molecule has 1 aliphatic heterocycles. The van der Waals surface area contributed by atoms with Crippen LogP contribution in [0.25, 0.3) is 0 Å². The summed E-state index contributed by atoms with van der Waals surface area (Å²) in [5, 5.41) is 0. The first-order chi connectivity index (χ1) is 9.19. The Morgan fingerprint density at radius 1 is 1.47 bits per heavy atom. The highest BCUT2D eigenvalue weighted by molar-refractivity contribution is 5.75. The lowest BCUT2D eigenvalue weighted by atomic mass is 10.2. The lowest BCUT2D eigenvalue weighted by molar-refractivity contribution is 0.112. The maximum atomic E-state index is 10.8. The topological polar surface area (TPSA) is 36.4 Å². The molecule has 4 heteroatoms. The van der Waals surface area contributed by atoms with Gasteiger partial charge in [-0.1, -0.05) is 13.8 Å². The summed E-state index contributed by atoms with van der Waals surface area (Å²) in [5.41, 5.74) is 1.74. The Bertz CT molecular complexity index is 443. The number of hydrogen-bond donors (Lipinski definition) is 0. The van der Waals surface area contributed by atoms with Crippen molar-refractivity contribution >= 4 is 12.1 Å². The summed E-state index contributed by atoms with van der Waals surface area (Å²) in [7, 11) is 0. The van der Waals surface area contributed by atoms with Crippen LogP contribution < -0.4 is 4.90 Å². The molecule has 0 aliphatic carbocycles. The fraction of sp³-hybridized carbons (Fsp3) is 0.600. The van der Waals surface area contributed by atoms with E-state index in [1.54, 1.807) is 6.20 Å². The molecule has 1 atom stereocenters. The van der Waals surface area contributed by atoms with Crippen LogP contribution in [0.2, 0.25) is 0 Å². The molecular formula is C15H23N3O. The first-order valence-electron chi connectivity index (χ1n) is 7.10. The Morgan fingerprint density at radius 2 is 2.21 bits per heavy atom. The van der Waals surface area contributed by atoms with E-state index in [1.807, 2.05) is 13.0 Å². The zero-order valence-corrected chi connectivity index (χ0v) is 12.1. The summed E-state index contributed by atoms with van der Waals surface area (Å²) in [6.45, 7) is 10.8. The quantitative estimate of drug-likeness (QED) is 0.761. The molecule has 0 radical (unpaired) electrons. The van der Waals surface area contributed by atoms with E-state index in [4.69, 9.17) is 0 Å². The number of likely N-dealkylation sites (N-methyl/N-ethyl adjacent to an activating group) is 1. The van der Waals surface area contributed by atoms with E-state index in [2.05, 4.69) is 28.6 Å². The summed E-state index contributed by atoms with van der Waals surface area (Å²) in [5.74, 6) is 1.03. The molecule has 1 unspecified atom stereocenters. The second kappa shape index (κ2) is 6.15. The smallest absolute Gasteiger partial charge is 0.151 e. The van der Waals surface area contributed by atoms with Crippen molar-refractivity contribution in [2.75, 3.05) is 31.1 Å². The summed E-state index contributed by atoms with van der Waals surface area (Å²) in [6, 6.07) is 2.54. The molecule has 1 aromatic heterocycles. The van der Waals surface area contributed by atoms with E-state index in [0.717, 1.165) is 43.8 Å². The van der Waals surface area contributed by atoms with Gasteiger partial charge in [0.25, 0.3) is 0 Å². The van der Waals surface area contributed by atoms with Gasteiger partial charge < -0.3 is 4.90 Å². The Hall–Kier alpha value is -1.42. The average molecular weight is 261 g/mol. The maximum Gasteiger partial charge on any atom is 0.151 e. The lowest BCUT2D eigenvalue weighted by Crippen LogP contribution is -2.37. The number of hydrogen-bond acceptors (Lipinski definition) is 4. The van der Waals surface area contributed by atoms with Crippen LogP contribution in [0, 0.1) is 6.92 Å². The molecule has 0 amide bonds. The third kappa shape index (κ3) is 2.95. The van der Waals surface area contributed by atoms with Gasteiger partial charge in [0, 0.05) is 30.9 Å². The maximum absolute atomic E-state index is 10.8. The van der Waals surface area contributed by atoms with Crippen LogP contribution in [0.1, 0.15) is 36.2 Å². The molecule has 0 saturated carbocycles. The third-order valence-electron chi connectivity index (χ3n) is 4.00. The third-order valence-corrected chi connectivity index (χ3v) is 4.00. The second-order valence-electron chi connectivity index (χ2n) is 5.14. The van der Waals surface area contributed by atoms with Crippen molar-refractivity contribution in [2.24, 2.45) is 0 Å². The van der Waals surface area contributed by atoms with Gasteiger partial charge in [-0.05, 0) is 38.1 Å². The normalized spacial score (nSPS) is 19.2. The van der Waals surface area contributed by atoms with E-state index >= 15 is 0 Å². The predicted molar refractivity (Wildman–Crippen MR) is 77.9 cm³/mol. The second-order valence-corrected chi connectivity index (χ2v) is 5.14. The Labute approximate surface area is 115 Å². The van der Waals surface area contributed by atoms with Crippen molar-refractivity contribution < 1.29 is 4.79 Å². The zero-order valence-electron chi connectivity index (χ0n) is 12.1. The van der Waals surface area contributed by atoms with Crippen molar-refractivity contribution in [3.8, 4) is 0 Å². The minimum absolute atomic E-state index is 0.627. The number of pyridine rings is 1. The molecule has 1 aromatic rings. The molecule has 0 N–H and O–H groups in total. The summed E-state index contributed by atoms with van der Waals surface area (Å²) in [6.07, 6.45) is 3.71. The lowest BCUT2D eigenvalue weighted by Gasteiger charge is -2.26. The molecule has 0 spiro atoms. The fourth-order valence-corrected chi connectivity index (χ4v) is 2.96. The zero-order chi connectivity index (χ0) is 13.8. The van der Waals surface area contributed by atoms with Gasteiger partial charge in [-0.3, -0.25) is 9.69 Å². The number of carbonyl (C=O) groups excluding carboxylic acids is 1. The molecular weight excluding hydrogens is 238 g/mol. The first kappa shape index (κ1) is 14.0. The van der Waals surface area contributed by atoms with Gasteiger partial charge in [0.05, 0.1) is 0 Å². The minimum atomic E-state index is 0.627. The van der Waals surface area contributed by atoms with Crippen LogP contribution >= 0.6 is 0 Å². The van der Waals surface area contributed by atoms with Crippen LogP contribution in [0.4, 0.5) is 5.82 Å². The van der Waals surface area contributed by atoms with E-state index in [1.165, 1.54) is 6.42 Å². The molecule has 4 nitrogen and oxygen atoms in total. The Kier molecular flexibility index (Phi) is 4.53. The standard InChI is InChI=1S/C15H23N3O/c1-4-17(5-2)14-6-7-18(10-14)15-12(3)8-13(11-19)9-16-15/h8-9,11,14H,4-7,10H2,1-3H3. The van der Waals surface area contributed by atoms with Crippen molar-refractivity contribution in [2.45, 2.75) is 33.2 Å². The van der Waals surface area contributed by atoms with Gasteiger partial charge in [-0.25, -0.2) is 4.98 Å². The van der Waals surface area contributed by atoms with E-state index in [9.17, 15) is 4.79 Å². The number of aryl methyl sites for hydroxylation is 1. The Morgan fingerprint density at radius 3 is 2.79 bits per heavy atom. The van der Waals surface area contributed by atoms with Gasteiger partial charge >= 0.3 is 0 Å². The van der Waals surface area contributed by atoms with Crippen molar-refractivity contribution in [3.63, 3.8) is 0 Å². The van der Waals surface area contributed by atoms with Crippen molar-refractivity contribution in [1.29, 1.82) is 0 Å². The number of aromatic nitrogens is 1. The van der Waals surface area contributed by atoms with Crippen LogP contribution in [0.3, 0.4) is 0 Å². The molecule has 2 rings (SSSR count). The Balaban J connectivity index is 2.10. The molecule has 0 bridgehead atoms. The molecule has 0 aromatic carbocycles. The number of rotatable bonds is 5. The van der Waals surface area contributed by atoms with Gasteiger partial charge in [-0.2, -0.15) is 0 Å². The predicted octanol–water partition coefficient (Wildman–Crippen LogP) is 2.12. The minimum Gasteiger partial charge on any atom is -0.355 e. The van der Waals surface area contributed by atoms with E-state index in [-0.39, 0.29) is 0 Å². The van der Waals surface area contributed by atoms with Gasteiger partial charge in [-0.15, -0.1) is 0 Å². The largest absolute Gasteiger partial charge is 0.355 e. The van der Waals surface area contributed by atoms with E-state index in [0.29, 0.717) is 11.6 Å². The van der Waals surface area contributed by atoms with Crippen LogP contribution in [0.15, 0.2) is 12.3 Å². The highest BCUT2D eigenvalue weighted by atomic mass is 16.1. The van der Waals surface area contributed by atoms with Crippen LogP contribution in [-0.4, -0.2) is 48.4 Å². The first-order valence-corrected chi connectivity index (χ1v) is 7.10. The molecule has 1 fully saturated rings. The highest BCUT2D eigenvalue weighted by Gasteiger charge is 2.27. The van der Waals surface area contributed by atoms with Crippen LogP contribution in [-0.2, 0) is 0 Å². The van der Waals surface area contributed by atoms with Crippen LogP contribution in [0.5, 0.6) is 0 Å². The van der Waals surface area contributed by atoms with Gasteiger partial charge in [0.2, 0.25) is 0 Å². The van der Waals surface area contributed by atoms with Gasteiger partial charge in [0.15, 0.2) is 6.29 Å². The SMILES string of the molecule is CCN(CC)C1CCN(c2ncc(C=O)cc2C)C1. The van der Waals surface area contributed by atoms with E-state index < -0.39 is 0 Å². The summed E-state index contributed by atoms with van der Waals surface area (Å²) < 4.78 is 0. The number of carbonyl (C=O) groups is 1. The van der Waals surface area contributed by atoms with Crippen molar-refractivity contribution in [1.82, 2.24) is 9.88 Å². The molecule has 1 aliphatic rings. The number of nitrogens with zero attached hydrogens (tertiary/aromatic N) is 3. The number of aldehydes is 1. The van der Waals surface area contributed by atoms with Gasteiger partial charge in [0.1, 0.15) is 5.82 Å². The monoisotopic (exact) mass is 261 g/mol. The summed E-state index contributed by atoms with van der Waals surface area (Å²) >= 11 is 0. The fourth-order valence-electron chi connectivity index (χ4n) is 2.96. The number of anilines is 1. The summed E-state index contributed by atoms with van der Waals surface area (Å²) in [4.78, 5) is 20.1. The van der Waals surface area contributed by atoms with Crippen molar-refractivity contribution in [3.05, 3.63) is 23.4 Å².